The molecule has 0 bridgehead atoms. The first-order valence-electron chi connectivity index (χ1n) is 9.60. The van der Waals surface area contributed by atoms with E-state index >= 15 is 0 Å². The molecule has 0 saturated heterocycles. The second-order valence-corrected chi connectivity index (χ2v) is 6.48. The zero-order valence-corrected chi connectivity index (χ0v) is 16.2. The lowest BCUT2D eigenvalue weighted by molar-refractivity contribution is 0.866. The molecule has 0 N–H and O–H groups in total. The van der Waals surface area contributed by atoms with E-state index in [9.17, 15) is 0 Å². The summed E-state index contributed by atoms with van der Waals surface area (Å²) in [5.74, 6) is 0. The molecule has 0 aliphatic carbocycles. The standard InChI is InChI=1S/C16H12.C10H15N/c1-2-12-8-5-9-15-10-13-6-3-4-7-14(13)11-16(12)15;1-3-11(4-2)10-8-6-5-7-9-10/h2-11H,1H2;5-9H,3-4H2,1-2H3. The SMILES string of the molecule is C=Cc1cccc2cc3ccccc3cc12.CCN(CC)c1ccccc1. The molecule has 0 radical (unpaired) electrons. The molecule has 4 aromatic carbocycles. The molecule has 0 amide bonds. The molecule has 4 rings (SSSR count). The van der Waals surface area contributed by atoms with Gasteiger partial charge in [0.05, 0.1) is 0 Å². The fourth-order valence-corrected chi connectivity index (χ4v) is 3.40. The lowest BCUT2D eigenvalue weighted by atomic mass is 10.00. The van der Waals surface area contributed by atoms with Crippen molar-refractivity contribution < 1.29 is 0 Å². The van der Waals surface area contributed by atoms with Crippen molar-refractivity contribution in [3.63, 3.8) is 0 Å². The van der Waals surface area contributed by atoms with Crippen LogP contribution < -0.4 is 4.90 Å². The molecule has 0 atom stereocenters. The van der Waals surface area contributed by atoms with Crippen molar-refractivity contribution in [2.45, 2.75) is 13.8 Å². The Morgan fingerprint density at radius 1 is 0.704 bits per heavy atom. The largest absolute Gasteiger partial charge is 0.372 e. The molecule has 0 unspecified atom stereocenters. The minimum Gasteiger partial charge on any atom is -0.372 e. The number of nitrogens with zero attached hydrogens (tertiary/aromatic N) is 1. The number of hydrogen-bond acceptors (Lipinski definition) is 1. The Morgan fingerprint density at radius 3 is 1.93 bits per heavy atom. The Hall–Kier alpha value is -3.06. The van der Waals surface area contributed by atoms with Gasteiger partial charge in [0, 0.05) is 18.8 Å². The minimum atomic E-state index is 1.08. The molecule has 0 fully saturated rings. The van der Waals surface area contributed by atoms with Gasteiger partial charge in [-0.1, -0.05) is 73.3 Å². The molecule has 27 heavy (non-hydrogen) atoms. The van der Waals surface area contributed by atoms with Crippen LogP contribution in [0.3, 0.4) is 0 Å². The third kappa shape index (κ3) is 4.38. The van der Waals surface area contributed by atoms with Crippen LogP contribution in [0.1, 0.15) is 19.4 Å². The van der Waals surface area contributed by atoms with Gasteiger partial charge in [-0.05, 0) is 65.2 Å². The Kier molecular flexibility index (Phi) is 6.27. The van der Waals surface area contributed by atoms with Crippen molar-refractivity contribution in [1.29, 1.82) is 0 Å². The summed E-state index contributed by atoms with van der Waals surface area (Å²) in [6, 6.07) is 29.7. The first kappa shape index (κ1) is 18.7. The predicted octanol–water partition coefficient (Wildman–Crippen LogP) is 7.17. The Labute approximate surface area is 162 Å². The molecule has 0 saturated carbocycles. The highest BCUT2D eigenvalue weighted by Crippen LogP contribution is 2.25. The highest BCUT2D eigenvalue weighted by molar-refractivity contribution is 6.01. The van der Waals surface area contributed by atoms with Gasteiger partial charge in [0.2, 0.25) is 0 Å². The van der Waals surface area contributed by atoms with E-state index in [1.807, 2.05) is 12.1 Å². The molecule has 0 spiro atoms. The van der Waals surface area contributed by atoms with E-state index in [0.717, 1.165) is 13.1 Å². The lowest BCUT2D eigenvalue weighted by Crippen LogP contribution is -2.21. The van der Waals surface area contributed by atoms with Crippen molar-refractivity contribution in [1.82, 2.24) is 0 Å². The molecule has 0 aromatic heterocycles. The zero-order valence-electron chi connectivity index (χ0n) is 16.2. The Bertz CT molecular complexity index is 1010. The molecule has 1 heteroatoms. The van der Waals surface area contributed by atoms with Gasteiger partial charge >= 0.3 is 0 Å². The monoisotopic (exact) mass is 353 g/mol. The molecule has 136 valence electrons. The van der Waals surface area contributed by atoms with Crippen molar-refractivity contribution in [3.05, 3.63) is 97.1 Å². The normalized spacial score (nSPS) is 10.3. The van der Waals surface area contributed by atoms with Gasteiger partial charge in [0.15, 0.2) is 0 Å². The first-order valence-corrected chi connectivity index (χ1v) is 9.60. The van der Waals surface area contributed by atoms with Gasteiger partial charge in [-0.25, -0.2) is 0 Å². The number of para-hydroxylation sites is 1. The van der Waals surface area contributed by atoms with Crippen molar-refractivity contribution in [2.24, 2.45) is 0 Å². The number of benzene rings is 4. The molecular weight excluding hydrogens is 326 g/mol. The van der Waals surface area contributed by atoms with Gasteiger partial charge in [0.25, 0.3) is 0 Å². The smallest absolute Gasteiger partial charge is 0.0365 e. The van der Waals surface area contributed by atoms with Gasteiger partial charge in [-0.3, -0.25) is 0 Å². The van der Waals surface area contributed by atoms with Crippen molar-refractivity contribution >= 4 is 33.3 Å². The third-order valence-corrected chi connectivity index (χ3v) is 4.89. The van der Waals surface area contributed by atoms with Crippen LogP contribution in [-0.2, 0) is 0 Å². The summed E-state index contributed by atoms with van der Waals surface area (Å²) < 4.78 is 0. The predicted molar refractivity (Wildman–Crippen MR) is 122 cm³/mol. The van der Waals surface area contributed by atoms with E-state index in [1.165, 1.54) is 32.8 Å². The number of hydrogen-bond donors (Lipinski definition) is 0. The Balaban J connectivity index is 0.000000168. The maximum atomic E-state index is 3.86. The fourth-order valence-electron chi connectivity index (χ4n) is 3.40. The maximum Gasteiger partial charge on any atom is 0.0365 e. The van der Waals surface area contributed by atoms with Crippen LogP contribution in [0.5, 0.6) is 0 Å². The lowest BCUT2D eigenvalue weighted by Gasteiger charge is -2.20. The summed E-state index contributed by atoms with van der Waals surface area (Å²) in [7, 11) is 0. The molecule has 0 aliphatic rings. The second-order valence-electron chi connectivity index (χ2n) is 6.48. The highest BCUT2D eigenvalue weighted by atomic mass is 15.1. The van der Waals surface area contributed by atoms with Gasteiger partial charge in [-0.2, -0.15) is 0 Å². The van der Waals surface area contributed by atoms with Crippen LogP contribution >= 0.6 is 0 Å². The van der Waals surface area contributed by atoms with Crippen molar-refractivity contribution in [3.8, 4) is 0 Å². The van der Waals surface area contributed by atoms with Gasteiger partial charge in [-0.15, -0.1) is 0 Å². The number of fused-ring (bicyclic) bond motifs is 2. The van der Waals surface area contributed by atoms with Crippen LogP contribution in [-0.4, -0.2) is 13.1 Å². The fraction of sp³-hybridized carbons (Fsp3) is 0.154. The van der Waals surface area contributed by atoms with E-state index in [1.54, 1.807) is 0 Å². The van der Waals surface area contributed by atoms with Crippen LogP contribution in [0.2, 0.25) is 0 Å². The zero-order chi connectivity index (χ0) is 19.1. The molecule has 4 aromatic rings. The summed E-state index contributed by atoms with van der Waals surface area (Å²) in [5.41, 5.74) is 2.51. The minimum absolute atomic E-state index is 1.08. The van der Waals surface area contributed by atoms with Gasteiger partial charge < -0.3 is 4.90 Å². The van der Waals surface area contributed by atoms with Crippen molar-refractivity contribution in [2.75, 3.05) is 18.0 Å². The van der Waals surface area contributed by atoms with E-state index in [-0.39, 0.29) is 0 Å². The van der Waals surface area contributed by atoms with Crippen LogP contribution in [0.25, 0.3) is 27.6 Å². The van der Waals surface area contributed by atoms with E-state index in [4.69, 9.17) is 0 Å². The summed E-state index contributed by atoms with van der Waals surface area (Å²) in [5, 5.41) is 5.12. The number of anilines is 1. The first-order chi connectivity index (χ1) is 13.3. The Morgan fingerprint density at radius 2 is 1.30 bits per heavy atom. The van der Waals surface area contributed by atoms with E-state index in [0.29, 0.717) is 0 Å². The van der Waals surface area contributed by atoms with E-state index < -0.39 is 0 Å². The summed E-state index contributed by atoms with van der Waals surface area (Å²) >= 11 is 0. The third-order valence-electron chi connectivity index (χ3n) is 4.89. The molecule has 0 aliphatic heterocycles. The average molecular weight is 354 g/mol. The van der Waals surface area contributed by atoms with Gasteiger partial charge in [0.1, 0.15) is 0 Å². The van der Waals surface area contributed by atoms with Crippen LogP contribution in [0, 0.1) is 0 Å². The maximum absolute atomic E-state index is 3.86. The molecule has 0 heterocycles. The molecular formula is C26H27N. The molecule has 1 nitrogen and oxygen atoms in total. The summed E-state index contributed by atoms with van der Waals surface area (Å²) in [6.45, 7) is 10.4. The van der Waals surface area contributed by atoms with E-state index in [2.05, 4.69) is 104 Å². The second kappa shape index (κ2) is 9.05. The van der Waals surface area contributed by atoms with Crippen LogP contribution in [0.4, 0.5) is 5.69 Å². The summed E-state index contributed by atoms with van der Waals surface area (Å²) in [6.07, 6.45) is 1.91. The average Bonchev–Trinajstić information content (AvgIpc) is 2.74. The quantitative estimate of drug-likeness (QED) is 0.352. The van der Waals surface area contributed by atoms with Crippen LogP contribution in [0.15, 0.2) is 91.5 Å². The summed E-state index contributed by atoms with van der Waals surface area (Å²) in [4.78, 5) is 2.33. The number of rotatable bonds is 4. The topological polar surface area (TPSA) is 3.24 Å². The highest BCUT2D eigenvalue weighted by Gasteiger charge is 2.00.